The van der Waals surface area contributed by atoms with Crippen molar-refractivity contribution < 1.29 is 19.2 Å². The van der Waals surface area contributed by atoms with Crippen molar-refractivity contribution in [1.29, 1.82) is 0 Å². The van der Waals surface area contributed by atoms with E-state index in [0.29, 0.717) is 17.1 Å². The van der Waals surface area contributed by atoms with Gasteiger partial charge in [-0.2, -0.15) is 0 Å². The van der Waals surface area contributed by atoms with Gasteiger partial charge in [-0.05, 0) is 32.8 Å². The quantitative estimate of drug-likeness (QED) is 0.513. The number of β-amino-alcohol motifs (C(OH)–C–C–N with tert-alkyl or cyclic N) is 1. The predicted octanol–water partition coefficient (Wildman–Crippen LogP) is 3.39. The first-order valence-corrected chi connectivity index (χ1v) is 12.6. The number of aryl methyl sites for hydroxylation is 2. The third-order valence-electron chi connectivity index (χ3n) is 6.35. The third-order valence-corrected chi connectivity index (χ3v) is 7.32. The summed E-state index contributed by atoms with van der Waals surface area (Å²) in [6.45, 7) is 9.55. The number of carbonyl (C=O) groups is 2. The van der Waals surface area contributed by atoms with Crippen LogP contribution < -0.4 is 5.32 Å². The van der Waals surface area contributed by atoms with Crippen LogP contribution in [0.1, 0.15) is 62.0 Å². The SMILES string of the molecule is Cc1cc(C(C(=O)N2CC(O)CC2C(=O)NC(C)c2ccc(-c3scnc3C)cn2)C(C)C)on1. The Bertz CT molecular complexity index is 1190. The van der Waals surface area contributed by atoms with E-state index in [-0.39, 0.29) is 36.7 Å². The Morgan fingerprint density at radius 2 is 2.00 bits per heavy atom. The van der Waals surface area contributed by atoms with E-state index in [1.165, 1.54) is 4.90 Å². The van der Waals surface area contributed by atoms with E-state index in [0.717, 1.165) is 16.1 Å². The molecular formula is C25H31N5O4S. The number of carbonyl (C=O) groups excluding carboxylic acids is 2. The number of aliphatic hydroxyl groups is 1. The maximum atomic E-state index is 13.5. The Kier molecular flexibility index (Phi) is 7.32. The number of hydrogen-bond acceptors (Lipinski definition) is 8. The maximum absolute atomic E-state index is 13.5. The molecule has 186 valence electrons. The number of thiazole rings is 1. The van der Waals surface area contributed by atoms with Gasteiger partial charge in [0.15, 0.2) is 0 Å². The van der Waals surface area contributed by atoms with Crippen LogP contribution in [0.2, 0.25) is 0 Å². The average Bonchev–Trinajstić information content (AvgIpc) is 3.53. The molecule has 0 aromatic carbocycles. The largest absolute Gasteiger partial charge is 0.391 e. The number of amides is 2. The molecule has 10 heteroatoms. The van der Waals surface area contributed by atoms with Crippen LogP contribution >= 0.6 is 11.3 Å². The zero-order valence-corrected chi connectivity index (χ0v) is 21.4. The smallest absolute Gasteiger partial charge is 0.243 e. The molecule has 9 nitrogen and oxygen atoms in total. The topological polar surface area (TPSA) is 121 Å². The standard InChI is InChI=1S/C25H31N5O4S/c1-13(2)22(21-8-14(3)29-34-21)25(33)30-11-18(31)9-20(30)24(32)28-15(4)19-7-6-17(10-26-19)23-16(5)27-12-35-23/h6-8,10,12-13,15,18,20,22,31H,9,11H2,1-5H3,(H,28,32). The summed E-state index contributed by atoms with van der Waals surface area (Å²) in [7, 11) is 0. The summed E-state index contributed by atoms with van der Waals surface area (Å²) in [6, 6.07) is 4.45. The summed E-state index contributed by atoms with van der Waals surface area (Å²) in [6.07, 6.45) is 1.19. The molecule has 0 spiro atoms. The summed E-state index contributed by atoms with van der Waals surface area (Å²) < 4.78 is 5.39. The van der Waals surface area contributed by atoms with Gasteiger partial charge in [-0.1, -0.05) is 25.1 Å². The molecule has 3 aromatic rings. The van der Waals surface area contributed by atoms with Crippen LogP contribution in [0.3, 0.4) is 0 Å². The molecule has 1 aliphatic heterocycles. The number of nitrogens with zero attached hydrogens (tertiary/aromatic N) is 4. The third kappa shape index (κ3) is 5.28. The second-order valence-corrected chi connectivity index (χ2v) is 10.3. The van der Waals surface area contributed by atoms with Gasteiger partial charge in [0, 0.05) is 30.8 Å². The lowest BCUT2D eigenvalue weighted by atomic mass is 9.91. The molecule has 3 aromatic heterocycles. The molecule has 4 atom stereocenters. The van der Waals surface area contributed by atoms with Gasteiger partial charge in [0.25, 0.3) is 0 Å². The van der Waals surface area contributed by atoms with Crippen LogP contribution in [-0.4, -0.2) is 55.6 Å². The first-order chi connectivity index (χ1) is 16.7. The van der Waals surface area contributed by atoms with E-state index in [4.69, 9.17) is 4.52 Å². The van der Waals surface area contributed by atoms with Crippen molar-refractivity contribution in [2.75, 3.05) is 6.54 Å². The molecule has 2 N–H and O–H groups in total. The first-order valence-electron chi connectivity index (χ1n) is 11.7. The van der Waals surface area contributed by atoms with Crippen LogP contribution in [0, 0.1) is 19.8 Å². The molecule has 4 unspecified atom stereocenters. The zero-order valence-electron chi connectivity index (χ0n) is 20.6. The van der Waals surface area contributed by atoms with Gasteiger partial charge >= 0.3 is 0 Å². The molecule has 1 saturated heterocycles. The minimum Gasteiger partial charge on any atom is -0.391 e. The molecule has 0 radical (unpaired) electrons. The fourth-order valence-electron chi connectivity index (χ4n) is 4.51. The first kappa shape index (κ1) is 25.0. The molecule has 1 fully saturated rings. The second kappa shape index (κ2) is 10.2. The van der Waals surface area contributed by atoms with Crippen LogP contribution in [0.25, 0.3) is 10.4 Å². The van der Waals surface area contributed by atoms with Gasteiger partial charge in [-0.15, -0.1) is 11.3 Å². The van der Waals surface area contributed by atoms with Gasteiger partial charge in [0.1, 0.15) is 17.7 Å². The molecule has 35 heavy (non-hydrogen) atoms. The van der Waals surface area contributed by atoms with E-state index in [1.807, 2.05) is 39.8 Å². The Morgan fingerprint density at radius 1 is 1.23 bits per heavy atom. The highest BCUT2D eigenvalue weighted by atomic mass is 32.1. The fraction of sp³-hybridized carbons (Fsp3) is 0.480. The number of rotatable bonds is 7. The van der Waals surface area contributed by atoms with Crippen molar-refractivity contribution in [3.8, 4) is 10.4 Å². The number of pyridine rings is 1. The van der Waals surface area contributed by atoms with Gasteiger partial charge in [-0.3, -0.25) is 14.6 Å². The van der Waals surface area contributed by atoms with Crippen LogP contribution in [0.15, 0.2) is 34.4 Å². The summed E-state index contributed by atoms with van der Waals surface area (Å²) in [4.78, 5) is 38.1. The molecule has 0 saturated carbocycles. The zero-order chi connectivity index (χ0) is 25.3. The second-order valence-electron chi connectivity index (χ2n) is 9.46. The van der Waals surface area contributed by atoms with Crippen LogP contribution in [0.5, 0.6) is 0 Å². The van der Waals surface area contributed by atoms with Crippen molar-refractivity contribution in [3.63, 3.8) is 0 Å². The Morgan fingerprint density at radius 3 is 2.57 bits per heavy atom. The average molecular weight is 498 g/mol. The van der Waals surface area contributed by atoms with Crippen molar-refractivity contribution in [3.05, 3.63) is 52.7 Å². The minimum absolute atomic E-state index is 0.0693. The lowest BCUT2D eigenvalue weighted by Gasteiger charge is -2.29. The molecule has 0 bridgehead atoms. The molecule has 0 aliphatic carbocycles. The lowest BCUT2D eigenvalue weighted by Crippen LogP contribution is -2.48. The highest BCUT2D eigenvalue weighted by Crippen LogP contribution is 2.31. The molecule has 4 rings (SSSR count). The van der Waals surface area contributed by atoms with E-state index < -0.39 is 18.1 Å². The number of aliphatic hydroxyl groups excluding tert-OH is 1. The summed E-state index contributed by atoms with van der Waals surface area (Å²) in [5.74, 6) is -0.749. The van der Waals surface area contributed by atoms with Gasteiger partial charge in [0.05, 0.1) is 39.6 Å². The van der Waals surface area contributed by atoms with Crippen LogP contribution in [-0.2, 0) is 9.59 Å². The Balaban J connectivity index is 1.47. The van der Waals surface area contributed by atoms with E-state index >= 15 is 0 Å². The molecular weight excluding hydrogens is 466 g/mol. The molecule has 2 amide bonds. The van der Waals surface area contributed by atoms with Gasteiger partial charge in [0.2, 0.25) is 11.8 Å². The molecule has 1 aliphatic rings. The van der Waals surface area contributed by atoms with Crippen molar-refractivity contribution in [1.82, 2.24) is 25.3 Å². The summed E-state index contributed by atoms with van der Waals surface area (Å²) in [5.41, 5.74) is 5.13. The van der Waals surface area contributed by atoms with E-state index in [2.05, 4.69) is 20.4 Å². The Hall–Kier alpha value is -3.11. The van der Waals surface area contributed by atoms with E-state index in [9.17, 15) is 14.7 Å². The highest BCUT2D eigenvalue weighted by Gasteiger charge is 2.43. The van der Waals surface area contributed by atoms with Crippen molar-refractivity contribution in [2.24, 2.45) is 5.92 Å². The fourth-order valence-corrected chi connectivity index (χ4v) is 5.30. The number of aromatic nitrogens is 3. The summed E-state index contributed by atoms with van der Waals surface area (Å²) in [5, 5.41) is 17.2. The van der Waals surface area contributed by atoms with Crippen molar-refractivity contribution in [2.45, 2.75) is 65.1 Å². The normalized spacial score (nSPS) is 19.7. The Labute approximate surface area is 208 Å². The lowest BCUT2D eigenvalue weighted by molar-refractivity contribution is -0.141. The molecule has 4 heterocycles. The minimum atomic E-state index is -0.774. The predicted molar refractivity (Wildman–Crippen MR) is 132 cm³/mol. The van der Waals surface area contributed by atoms with E-state index in [1.54, 1.807) is 36.0 Å². The van der Waals surface area contributed by atoms with Gasteiger partial charge in [-0.25, -0.2) is 4.98 Å². The monoisotopic (exact) mass is 497 g/mol. The number of nitrogens with one attached hydrogen (secondary N) is 1. The van der Waals surface area contributed by atoms with Crippen LogP contribution in [0.4, 0.5) is 0 Å². The maximum Gasteiger partial charge on any atom is 0.243 e. The summed E-state index contributed by atoms with van der Waals surface area (Å²) >= 11 is 1.56. The van der Waals surface area contributed by atoms with Crippen molar-refractivity contribution >= 4 is 23.2 Å². The highest BCUT2D eigenvalue weighted by molar-refractivity contribution is 7.13. The van der Waals surface area contributed by atoms with Gasteiger partial charge < -0.3 is 19.8 Å². The number of hydrogen-bond donors (Lipinski definition) is 2. The number of likely N-dealkylation sites (tertiary alicyclic amines) is 1.